The van der Waals surface area contributed by atoms with E-state index in [0.717, 1.165) is 31.6 Å². The predicted octanol–water partition coefficient (Wildman–Crippen LogP) is 4.21. The molecule has 4 rings (SSSR count). The van der Waals surface area contributed by atoms with Crippen LogP contribution in [0, 0.1) is 5.92 Å². The van der Waals surface area contributed by atoms with E-state index < -0.39 is 5.91 Å². The minimum atomic E-state index is -0.494. The zero-order valence-corrected chi connectivity index (χ0v) is 19.7. The average Bonchev–Trinajstić information content (AvgIpc) is 3.39. The molecule has 3 heterocycles. The largest absolute Gasteiger partial charge is 0.338 e. The highest BCUT2D eigenvalue weighted by Crippen LogP contribution is 2.32. The van der Waals surface area contributed by atoms with Crippen LogP contribution in [0.15, 0.2) is 29.0 Å². The Morgan fingerprint density at radius 3 is 2.56 bits per heavy atom. The molecule has 0 radical (unpaired) electrons. The van der Waals surface area contributed by atoms with E-state index in [1.165, 1.54) is 37.7 Å². The fourth-order valence-electron chi connectivity index (χ4n) is 5.39. The predicted molar refractivity (Wildman–Crippen MR) is 124 cm³/mol. The number of hydrogen-bond acceptors (Lipinski definition) is 7. The summed E-state index contributed by atoms with van der Waals surface area (Å²) >= 11 is 0. The maximum Gasteiger partial charge on any atom is 0.295 e. The van der Waals surface area contributed by atoms with Crippen molar-refractivity contribution in [2.75, 3.05) is 13.1 Å². The summed E-state index contributed by atoms with van der Waals surface area (Å²) in [5.41, 5.74) is 2.95. The zero-order chi connectivity index (χ0) is 23.8. The Kier molecular flexibility index (Phi) is 8.62. The van der Waals surface area contributed by atoms with Crippen molar-refractivity contribution in [3.63, 3.8) is 0 Å². The number of piperidine rings is 1. The van der Waals surface area contributed by atoms with Crippen molar-refractivity contribution in [2.45, 2.75) is 82.5 Å². The van der Waals surface area contributed by atoms with Crippen molar-refractivity contribution in [2.24, 2.45) is 5.92 Å². The third-order valence-electron chi connectivity index (χ3n) is 7.39. The number of rotatable bonds is 9. The van der Waals surface area contributed by atoms with Crippen LogP contribution in [0.3, 0.4) is 0 Å². The van der Waals surface area contributed by atoms with Gasteiger partial charge in [0, 0.05) is 37.8 Å². The number of amides is 2. The summed E-state index contributed by atoms with van der Waals surface area (Å²) in [5, 5.41) is 12.9. The first kappa shape index (κ1) is 24.3. The first-order chi connectivity index (χ1) is 16.6. The molecule has 2 fully saturated rings. The van der Waals surface area contributed by atoms with Crippen molar-refractivity contribution in [3.05, 3.63) is 41.8 Å². The quantitative estimate of drug-likeness (QED) is 0.417. The van der Waals surface area contributed by atoms with Crippen LogP contribution in [0.4, 0.5) is 0 Å². The summed E-state index contributed by atoms with van der Waals surface area (Å²) in [6.07, 6.45) is 14.7. The van der Waals surface area contributed by atoms with Gasteiger partial charge in [-0.2, -0.15) is 4.98 Å². The first-order valence-corrected chi connectivity index (χ1v) is 12.6. The summed E-state index contributed by atoms with van der Waals surface area (Å²) in [6, 6.07) is 4.06. The van der Waals surface area contributed by atoms with Crippen LogP contribution in [-0.2, 0) is 4.79 Å². The second-order valence-electron chi connectivity index (χ2n) is 9.67. The Hall–Kier alpha value is -2.81. The Bertz CT molecular complexity index is 920. The van der Waals surface area contributed by atoms with Gasteiger partial charge < -0.3 is 9.42 Å². The lowest BCUT2D eigenvalue weighted by molar-refractivity contribution is -0.129. The van der Waals surface area contributed by atoms with Crippen molar-refractivity contribution < 1.29 is 19.3 Å². The lowest BCUT2D eigenvalue weighted by Gasteiger charge is -2.31. The molecule has 34 heavy (non-hydrogen) atoms. The SMILES string of the molecule is O=C(C[C@@H](CCCC1CCCCC1)c1nc(C(=O)N2CCC(c3ccncc3)CC2)no1)NO. The highest BCUT2D eigenvalue weighted by Gasteiger charge is 2.29. The Morgan fingerprint density at radius 1 is 1.12 bits per heavy atom. The molecular weight excluding hydrogens is 434 g/mol. The van der Waals surface area contributed by atoms with Gasteiger partial charge in [0.2, 0.25) is 11.8 Å². The van der Waals surface area contributed by atoms with Crippen LogP contribution in [0.2, 0.25) is 0 Å². The topological polar surface area (TPSA) is 121 Å². The van der Waals surface area contributed by atoms with E-state index in [-0.39, 0.29) is 24.1 Å². The smallest absolute Gasteiger partial charge is 0.295 e. The van der Waals surface area contributed by atoms with Crippen LogP contribution >= 0.6 is 0 Å². The van der Waals surface area contributed by atoms with Crippen LogP contribution in [0.1, 0.15) is 105 Å². The van der Waals surface area contributed by atoms with Crippen molar-refractivity contribution in [1.82, 2.24) is 25.5 Å². The highest BCUT2D eigenvalue weighted by molar-refractivity contribution is 5.90. The van der Waals surface area contributed by atoms with E-state index in [1.54, 1.807) is 22.8 Å². The normalized spacial score (nSPS) is 18.6. The van der Waals surface area contributed by atoms with E-state index >= 15 is 0 Å². The number of hydroxylamine groups is 1. The van der Waals surface area contributed by atoms with Gasteiger partial charge in [-0.05, 0) is 48.8 Å². The fraction of sp³-hybridized carbons (Fsp3) is 0.640. The van der Waals surface area contributed by atoms with Crippen LogP contribution in [0.25, 0.3) is 0 Å². The second-order valence-corrected chi connectivity index (χ2v) is 9.67. The molecule has 9 nitrogen and oxygen atoms in total. The summed E-state index contributed by atoms with van der Waals surface area (Å²) in [6.45, 7) is 1.26. The molecule has 2 amide bonds. The molecule has 1 saturated heterocycles. The summed E-state index contributed by atoms with van der Waals surface area (Å²) in [4.78, 5) is 35.1. The van der Waals surface area contributed by atoms with Crippen molar-refractivity contribution in [1.29, 1.82) is 0 Å². The van der Waals surface area contributed by atoms with Gasteiger partial charge in [-0.1, -0.05) is 50.1 Å². The lowest BCUT2D eigenvalue weighted by atomic mass is 9.84. The van der Waals surface area contributed by atoms with E-state index in [1.807, 2.05) is 12.1 Å². The van der Waals surface area contributed by atoms with Crippen molar-refractivity contribution >= 4 is 11.8 Å². The summed E-state index contributed by atoms with van der Waals surface area (Å²) in [7, 11) is 0. The van der Waals surface area contributed by atoms with Crippen LogP contribution in [0.5, 0.6) is 0 Å². The van der Waals surface area contributed by atoms with Gasteiger partial charge in [0.15, 0.2) is 0 Å². The molecule has 2 aromatic heterocycles. The summed E-state index contributed by atoms with van der Waals surface area (Å²) in [5.74, 6) is 0.445. The molecule has 0 bridgehead atoms. The third-order valence-corrected chi connectivity index (χ3v) is 7.39. The first-order valence-electron chi connectivity index (χ1n) is 12.6. The molecule has 0 aromatic carbocycles. The highest BCUT2D eigenvalue weighted by atomic mass is 16.5. The molecule has 1 saturated carbocycles. The molecule has 2 aliphatic rings. The van der Waals surface area contributed by atoms with Gasteiger partial charge in [0.25, 0.3) is 11.7 Å². The van der Waals surface area contributed by atoms with Gasteiger partial charge in [0.05, 0.1) is 0 Å². The van der Waals surface area contributed by atoms with Gasteiger partial charge >= 0.3 is 0 Å². The molecule has 9 heteroatoms. The number of likely N-dealkylation sites (tertiary alicyclic amines) is 1. The minimum absolute atomic E-state index is 0.0408. The number of nitrogens with one attached hydrogen (secondary N) is 1. The zero-order valence-electron chi connectivity index (χ0n) is 19.7. The molecule has 1 aliphatic carbocycles. The second kappa shape index (κ2) is 12.1. The molecule has 0 unspecified atom stereocenters. The third kappa shape index (κ3) is 6.40. The molecule has 2 aromatic rings. The molecule has 1 aliphatic heterocycles. The number of pyridine rings is 1. The Morgan fingerprint density at radius 2 is 1.85 bits per heavy atom. The molecule has 184 valence electrons. The minimum Gasteiger partial charge on any atom is -0.338 e. The van der Waals surface area contributed by atoms with Crippen LogP contribution < -0.4 is 5.48 Å². The fourth-order valence-corrected chi connectivity index (χ4v) is 5.39. The number of carbonyl (C=O) groups excluding carboxylic acids is 2. The van der Waals surface area contributed by atoms with E-state index in [9.17, 15) is 9.59 Å². The molecular formula is C25H35N5O4. The van der Waals surface area contributed by atoms with E-state index in [0.29, 0.717) is 31.3 Å². The number of hydrogen-bond donors (Lipinski definition) is 2. The molecule has 0 spiro atoms. The standard InChI is InChI=1S/C25H35N5O4/c31-22(28-33)17-21(8-4-7-18-5-2-1-3-6-18)24-27-23(29-34-24)25(32)30-15-11-20(12-16-30)19-9-13-26-14-10-19/h9-10,13-14,18,20-21,33H,1-8,11-12,15-17H2,(H,28,31)/t21-/m1/s1. The summed E-state index contributed by atoms with van der Waals surface area (Å²) < 4.78 is 5.44. The maximum absolute atomic E-state index is 13.0. The Balaban J connectivity index is 1.33. The molecule has 2 N–H and O–H groups in total. The van der Waals surface area contributed by atoms with E-state index in [2.05, 4.69) is 15.1 Å². The number of aromatic nitrogens is 3. The average molecular weight is 470 g/mol. The van der Waals surface area contributed by atoms with Gasteiger partial charge in [-0.15, -0.1) is 0 Å². The van der Waals surface area contributed by atoms with Gasteiger partial charge in [-0.25, -0.2) is 5.48 Å². The molecule has 1 atom stereocenters. The Labute approximate surface area is 200 Å². The van der Waals surface area contributed by atoms with Gasteiger partial charge in [-0.3, -0.25) is 19.8 Å². The van der Waals surface area contributed by atoms with Gasteiger partial charge in [0.1, 0.15) is 0 Å². The van der Waals surface area contributed by atoms with E-state index in [4.69, 9.17) is 9.73 Å². The monoisotopic (exact) mass is 469 g/mol. The maximum atomic E-state index is 13.0. The number of nitrogens with zero attached hydrogens (tertiary/aromatic N) is 4. The van der Waals surface area contributed by atoms with Crippen molar-refractivity contribution in [3.8, 4) is 0 Å². The van der Waals surface area contributed by atoms with Crippen LogP contribution in [-0.4, -0.2) is 50.1 Å². The lowest BCUT2D eigenvalue weighted by Crippen LogP contribution is -2.38. The number of carbonyl (C=O) groups is 2.